The number of nitrogens with zero attached hydrogens (tertiary/aromatic N) is 1. The molecule has 1 atom stereocenters. The van der Waals surface area contributed by atoms with Gasteiger partial charge >= 0.3 is 0 Å². The molecule has 0 saturated carbocycles. The maximum absolute atomic E-state index is 12.6. The molecule has 1 unspecified atom stereocenters. The molecule has 3 aromatic rings. The first-order chi connectivity index (χ1) is 13.5. The van der Waals surface area contributed by atoms with Gasteiger partial charge in [0.2, 0.25) is 0 Å². The molecular formula is C23H25N3O2. The number of nitrogens with one attached hydrogen (secondary N) is 2. The van der Waals surface area contributed by atoms with Crippen molar-refractivity contribution in [3.8, 4) is 5.75 Å². The second-order valence-electron chi connectivity index (χ2n) is 6.85. The molecule has 1 heterocycles. The van der Waals surface area contributed by atoms with E-state index in [0.29, 0.717) is 11.4 Å². The Morgan fingerprint density at radius 1 is 0.929 bits per heavy atom. The van der Waals surface area contributed by atoms with Crippen molar-refractivity contribution in [2.75, 3.05) is 10.6 Å². The highest BCUT2D eigenvalue weighted by molar-refractivity contribution is 6.03. The number of rotatable bonds is 7. The van der Waals surface area contributed by atoms with Gasteiger partial charge in [-0.2, -0.15) is 0 Å². The number of hydrogen-bond donors (Lipinski definition) is 2. The third kappa shape index (κ3) is 5.33. The Morgan fingerprint density at radius 3 is 2.32 bits per heavy atom. The average Bonchev–Trinajstić information content (AvgIpc) is 2.70. The van der Waals surface area contributed by atoms with E-state index in [1.165, 1.54) is 5.56 Å². The lowest BCUT2D eigenvalue weighted by atomic mass is 10.1. The normalized spacial score (nSPS) is 11.7. The third-order valence-electron chi connectivity index (χ3n) is 4.16. The van der Waals surface area contributed by atoms with Gasteiger partial charge in [0.25, 0.3) is 5.91 Å². The Balaban J connectivity index is 1.65. The minimum Gasteiger partial charge on any atom is -0.491 e. The third-order valence-corrected chi connectivity index (χ3v) is 4.16. The Hall–Kier alpha value is -3.34. The number of carbonyl (C=O) groups excluding carboxylic acids is 1. The molecular weight excluding hydrogens is 350 g/mol. The van der Waals surface area contributed by atoms with Crippen LogP contribution in [0.25, 0.3) is 0 Å². The standard InChI is InChI=1S/C23H25N3O2/c1-16(2)28-21-11-9-19(10-12-21)26-23(27)22-15-20(13-14-24-22)25-17(3)18-7-5-4-6-8-18/h4-17H,1-3H3,(H,24,25)(H,26,27). The summed E-state index contributed by atoms with van der Waals surface area (Å²) in [5.41, 5.74) is 3.07. The summed E-state index contributed by atoms with van der Waals surface area (Å²) in [5, 5.41) is 6.27. The zero-order valence-electron chi connectivity index (χ0n) is 16.3. The quantitative estimate of drug-likeness (QED) is 0.589. The lowest BCUT2D eigenvalue weighted by Crippen LogP contribution is -2.14. The van der Waals surface area contributed by atoms with Gasteiger partial charge in [-0.05, 0) is 62.7 Å². The molecule has 0 spiro atoms. The number of amides is 1. The van der Waals surface area contributed by atoms with Crippen LogP contribution in [0.1, 0.15) is 42.9 Å². The molecule has 1 amide bonds. The summed E-state index contributed by atoms with van der Waals surface area (Å²) >= 11 is 0. The number of pyridine rings is 1. The van der Waals surface area contributed by atoms with Gasteiger partial charge in [0.05, 0.1) is 6.10 Å². The van der Waals surface area contributed by atoms with Crippen LogP contribution in [0.3, 0.4) is 0 Å². The number of ether oxygens (including phenoxy) is 1. The van der Waals surface area contributed by atoms with Crippen LogP contribution in [0.2, 0.25) is 0 Å². The molecule has 0 saturated heterocycles. The molecule has 0 aliphatic rings. The highest BCUT2D eigenvalue weighted by atomic mass is 16.5. The number of aromatic nitrogens is 1. The smallest absolute Gasteiger partial charge is 0.274 e. The number of hydrogen-bond acceptors (Lipinski definition) is 4. The summed E-state index contributed by atoms with van der Waals surface area (Å²) in [6, 6.07) is 21.2. The van der Waals surface area contributed by atoms with Crippen molar-refractivity contribution in [1.82, 2.24) is 4.98 Å². The van der Waals surface area contributed by atoms with E-state index in [4.69, 9.17) is 4.74 Å². The van der Waals surface area contributed by atoms with Gasteiger partial charge in [0, 0.05) is 23.6 Å². The van der Waals surface area contributed by atoms with Crippen molar-refractivity contribution < 1.29 is 9.53 Å². The summed E-state index contributed by atoms with van der Waals surface area (Å²) in [5.74, 6) is 0.515. The molecule has 2 N–H and O–H groups in total. The summed E-state index contributed by atoms with van der Waals surface area (Å²) in [7, 11) is 0. The Bertz CT molecular complexity index is 909. The van der Waals surface area contributed by atoms with Crippen LogP contribution in [0.5, 0.6) is 5.75 Å². The number of anilines is 2. The molecule has 2 aromatic carbocycles. The van der Waals surface area contributed by atoms with Gasteiger partial charge in [-0.25, -0.2) is 0 Å². The molecule has 144 valence electrons. The Labute approximate surface area is 165 Å². The molecule has 0 radical (unpaired) electrons. The largest absolute Gasteiger partial charge is 0.491 e. The van der Waals surface area contributed by atoms with Gasteiger partial charge in [0.15, 0.2) is 0 Å². The number of benzene rings is 2. The van der Waals surface area contributed by atoms with Crippen molar-refractivity contribution in [1.29, 1.82) is 0 Å². The van der Waals surface area contributed by atoms with E-state index in [-0.39, 0.29) is 18.1 Å². The maximum atomic E-state index is 12.6. The fourth-order valence-electron chi connectivity index (χ4n) is 2.80. The zero-order valence-corrected chi connectivity index (χ0v) is 16.3. The molecule has 0 aliphatic carbocycles. The molecule has 28 heavy (non-hydrogen) atoms. The second kappa shape index (κ2) is 9.04. The van der Waals surface area contributed by atoms with E-state index in [1.807, 2.05) is 62.4 Å². The first-order valence-electron chi connectivity index (χ1n) is 9.37. The van der Waals surface area contributed by atoms with Crippen LogP contribution in [0.15, 0.2) is 72.9 Å². The van der Waals surface area contributed by atoms with E-state index < -0.39 is 0 Å². The van der Waals surface area contributed by atoms with Crippen LogP contribution in [0.4, 0.5) is 11.4 Å². The Morgan fingerprint density at radius 2 is 1.64 bits per heavy atom. The van der Waals surface area contributed by atoms with E-state index in [0.717, 1.165) is 11.4 Å². The van der Waals surface area contributed by atoms with Gasteiger partial charge in [-0.15, -0.1) is 0 Å². The molecule has 0 bridgehead atoms. The van der Waals surface area contributed by atoms with Crippen LogP contribution in [-0.2, 0) is 0 Å². The van der Waals surface area contributed by atoms with Crippen LogP contribution in [0, 0.1) is 0 Å². The summed E-state index contributed by atoms with van der Waals surface area (Å²) in [6.45, 7) is 6.03. The molecule has 0 aliphatic heterocycles. The topological polar surface area (TPSA) is 63.2 Å². The minimum absolute atomic E-state index is 0.109. The summed E-state index contributed by atoms with van der Waals surface area (Å²) in [6.07, 6.45) is 1.74. The van der Waals surface area contributed by atoms with Crippen LogP contribution in [-0.4, -0.2) is 17.0 Å². The first-order valence-corrected chi connectivity index (χ1v) is 9.37. The van der Waals surface area contributed by atoms with Crippen LogP contribution < -0.4 is 15.4 Å². The van der Waals surface area contributed by atoms with Crippen molar-refractivity contribution in [2.24, 2.45) is 0 Å². The van der Waals surface area contributed by atoms with E-state index in [2.05, 4.69) is 34.7 Å². The zero-order chi connectivity index (χ0) is 19.9. The number of carbonyl (C=O) groups is 1. The van der Waals surface area contributed by atoms with Crippen LogP contribution >= 0.6 is 0 Å². The fourth-order valence-corrected chi connectivity index (χ4v) is 2.80. The molecule has 5 heteroatoms. The van der Waals surface area contributed by atoms with Crippen molar-refractivity contribution in [2.45, 2.75) is 32.9 Å². The molecule has 0 fully saturated rings. The lowest BCUT2D eigenvalue weighted by Gasteiger charge is -2.16. The first kappa shape index (κ1) is 19.4. The predicted octanol–water partition coefficient (Wildman–Crippen LogP) is 5.29. The SMILES string of the molecule is CC(C)Oc1ccc(NC(=O)c2cc(NC(C)c3ccccc3)ccn2)cc1. The fraction of sp³-hybridized carbons (Fsp3) is 0.217. The lowest BCUT2D eigenvalue weighted by molar-refractivity contribution is 0.102. The summed E-state index contributed by atoms with van der Waals surface area (Å²) < 4.78 is 5.61. The highest BCUT2D eigenvalue weighted by Crippen LogP contribution is 2.20. The van der Waals surface area contributed by atoms with Crippen molar-refractivity contribution in [3.05, 3.63) is 84.2 Å². The predicted molar refractivity (Wildman–Crippen MR) is 113 cm³/mol. The molecule has 5 nitrogen and oxygen atoms in total. The highest BCUT2D eigenvalue weighted by Gasteiger charge is 2.11. The average molecular weight is 375 g/mol. The van der Waals surface area contributed by atoms with E-state index in [9.17, 15) is 4.79 Å². The maximum Gasteiger partial charge on any atom is 0.274 e. The van der Waals surface area contributed by atoms with Crippen molar-refractivity contribution >= 4 is 17.3 Å². The molecule has 3 rings (SSSR count). The second-order valence-corrected chi connectivity index (χ2v) is 6.85. The Kier molecular flexibility index (Phi) is 6.27. The minimum atomic E-state index is -0.256. The van der Waals surface area contributed by atoms with E-state index >= 15 is 0 Å². The van der Waals surface area contributed by atoms with Gasteiger partial charge < -0.3 is 15.4 Å². The molecule has 1 aromatic heterocycles. The van der Waals surface area contributed by atoms with Gasteiger partial charge in [-0.1, -0.05) is 30.3 Å². The van der Waals surface area contributed by atoms with E-state index in [1.54, 1.807) is 12.3 Å². The van der Waals surface area contributed by atoms with Gasteiger partial charge in [-0.3, -0.25) is 9.78 Å². The van der Waals surface area contributed by atoms with Gasteiger partial charge in [0.1, 0.15) is 11.4 Å². The monoisotopic (exact) mass is 375 g/mol. The van der Waals surface area contributed by atoms with Crippen molar-refractivity contribution in [3.63, 3.8) is 0 Å². The summed E-state index contributed by atoms with van der Waals surface area (Å²) in [4.78, 5) is 16.7.